The lowest BCUT2D eigenvalue weighted by molar-refractivity contribution is 0.0653. The summed E-state index contributed by atoms with van der Waals surface area (Å²) < 4.78 is 0. The summed E-state index contributed by atoms with van der Waals surface area (Å²) in [5.41, 5.74) is 5.81. The molecule has 0 bridgehead atoms. The first-order valence-corrected chi connectivity index (χ1v) is 7.20. The highest BCUT2D eigenvalue weighted by Crippen LogP contribution is 2.26. The summed E-state index contributed by atoms with van der Waals surface area (Å²) in [6, 6.07) is 5.00. The summed E-state index contributed by atoms with van der Waals surface area (Å²) in [5, 5.41) is 12.2. The van der Waals surface area contributed by atoms with Gasteiger partial charge in [0.05, 0.1) is 22.2 Å². The van der Waals surface area contributed by atoms with Crippen LogP contribution in [0.4, 0.5) is 0 Å². The topological polar surface area (TPSA) is 82.2 Å². The molecule has 0 atom stereocenters. The van der Waals surface area contributed by atoms with Crippen LogP contribution in [0.25, 0.3) is 0 Å². The van der Waals surface area contributed by atoms with Crippen LogP contribution in [-0.2, 0) is 0 Å². The van der Waals surface area contributed by atoms with Crippen molar-refractivity contribution >= 4 is 34.9 Å². The first-order valence-electron chi connectivity index (χ1n) is 6.45. The Labute approximate surface area is 132 Å². The molecule has 1 saturated heterocycles. The van der Waals surface area contributed by atoms with E-state index in [0.717, 1.165) is 0 Å². The molecule has 1 aliphatic heterocycles. The van der Waals surface area contributed by atoms with Crippen LogP contribution < -0.4 is 5.73 Å². The summed E-state index contributed by atoms with van der Waals surface area (Å²) in [5.74, 6) is -0.0158. The number of amidine groups is 1. The second-order valence-electron chi connectivity index (χ2n) is 4.76. The van der Waals surface area contributed by atoms with Crippen LogP contribution in [-0.4, -0.2) is 59.5 Å². The summed E-state index contributed by atoms with van der Waals surface area (Å²) in [7, 11) is 0. The molecule has 1 heterocycles. The Bertz CT molecular complexity index is 537. The first kappa shape index (κ1) is 15.9. The molecule has 21 heavy (non-hydrogen) atoms. The molecule has 1 aromatic carbocycles. The molecule has 1 aromatic rings. The number of oxime groups is 1. The van der Waals surface area contributed by atoms with Crippen LogP contribution >= 0.6 is 23.2 Å². The molecule has 0 saturated carbocycles. The molecule has 0 unspecified atom stereocenters. The standard InChI is InChI=1S/C13H16Cl2N4O2/c14-9-2-1-3-10(15)12(9)13(20)19-6-4-18(5-7-19)8-11(16)17-21/h1-3,21H,4-8H2,(H2,16,17). The van der Waals surface area contributed by atoms with E-state index in [1.54, 1.807) is 23.1 Å². The molecule has 0 radical (unpaired) electrons. The Morgan fingerprint density at radius 3 is 2.33 bits per heavy atom. The second kappa shape index (κ2) is 6.98. The average molecular weight is 331 g/mol. The van der Waals surface area contributed by atoms with Crippen LogP contribution in [0.1, 0.15) is 10.4 Å². The van der Waals surface area contributed by atoms with Crippen molar-refractivity contribution in [3.63, 3.8) is 0 Å². The largest absolute Gasteiger partial charge is 0.409 e. The van der Waals surface area contributed by atoms with Crippen molar-refractivity contribution in [2.24, 2.45) is 10.9 Å². The van der Waals surface area contributed by atoms with E-state index in [1.807, 2.05) is 4.90 Å². The third-order valence-electron chi connectivity index (χ3n) is 3.35. The lowest BCUT2D eigenvalue weighted by atomic mass is 10.1. The highest BCUT2D eigenvalue weighted by Gasteiger charge is 2.25. The van der Waals surface area contributed by atoms with Crippen molar-refractivity contribution < 1.29 is 10.0 Å². The highest BCUT2D eigenvalue weighted by atomic mass is 35.5. The zero-order chi connectivity index (χ0) is 15.4. The van der Waals surface area contributed by atoms with E-state index in [9.17, 15) is 4.79 Å². The number of benzene rings is 1. The van der Waals surface area contributed by atoms with Gasteiger partial charge in [-0.15, -0.1) is 0 Å². The van der Waals surface area contributed by atoms with Gasteiger partial charge in [0.25, 0.3) is 5.91 Å². The Morgan fingerprint density at radius 1 is 1.24 bits per heavy atom. The molecule has 1 amide bonds. The first-order chi connectivity index (χ1) is 10.0. The SMILES string of the molecule is NC(CN1CCN(C(=O)c2c(Cl)cccc2Cl)CC1)=NO. The Balaban J connectivity index is 2.01. The van der Waals surface area contributed by atoms with Crippen LogP contribution in [0.2, 0.25) is 10.0 Å². The Kier molecular flexibility index (Phi) is 5.27. The van der Waals surface area contributed by atoms with Gasteiger partial charge in [0.15, 0.2) is 5.84 Å². The fraction of sp³-hybridized carbons (Fsp3) is 0.385. The molecule has 0 aliphatic carbocycles. The van der Waals surface area contributed by atoms with Gasteiger partial charge in [-0.3, -0.25) is 9.69 Å². The van der Waals surface area contributed by atoms with Gasteiger partial charge in [0, 0.05) is 26.2 Å². The number of carbonyl (C=O) groups excluding carboxylic acids is 1. The van der Waals surface area contributed by atoms with E-state index in [0.29, 0.717) is 48.3 Å². The number of halogens is 2. The molecular formula is C13H16Cl2N4O2. The smallest absolute Gasteiger partial charge is 0.256 e. The van der Waals surface area contributed by atoms with Gasteiger partial charge in [-0.1, -0.05) is 34.4 Å². The van der Waals surface area contributed by atoms with Crippen LogP contribution in [0.5, 0.6) is 0 Å². The van der Waals surface area contributed by atoms with E-state index >= 15 is 0 Å². The van der Waals surface area contributed by atoms with Gasteiger partial charge < -0.3 is 15.8 Å². The molecule has 3 N–H and O–H groups in total. The maximum Gasteiger partial charge on any atom is 0.256 e. The van der Waals surface area contributed by atoms with Gasteiger partial charge in [0.1, 0.15) is 0 Å². The summed E-state index contributed by atoms with van der Waals surface area (Å²) in [4.78, 5) is 16.2. The van der Waals surface area contributed by atoms with Crippen LogP contribution in [0.3, 0.4) is 0 Å². The van der Waals surface area contributed by atoms with Gasteiger partial charge in [0.2, 0.25) is 0 Å². The fourth-order valence-corrected chi connectivity index (χ4v) is 2.79. The maximum atomic E-state index is 12.5. The monoisotopic (exact) mass is 330 g/mol. The van der Waals surface area contributed by atoms with Crippen molar-refractivity contribution in [2.45, 2.75) is 0 Å². The van der Waals surface area contributed by atoms with Gasteiger partial charge in [-0.2, -0.15) is 0 Å². The highest BCUT2D eigenvalue weighted by molar-refractivity contribution is 6.39. The van der Waals surface area contributed by atoms with E-state index in [1.165, 1.54) is 0 Å². The average Bonchev–Trinajstić information content (AvgIpc) is 2.47. The van der Waals surface area contributed by atoms with Gasteiger partial charge in [-0.25, -0.2) is 0 Å². The fourth-order valence-electron chi connectivity index (χ4n) is 2.23. The molecule has 114 valence electrons. The van der Waals surface area contributed by atoms with E-state index in [-0.39, 0.29) is 11.7 Å². The number of carbonyl (C=O) groups is 1. The van der Waals surface area contributed by atoms with Crippen LogP contribution in [0, 0.1) is 0 Å². The van der Waals surface area contributed by atoms with Crippen molar-refractivity contribution in [2.75, 3.05) is 32.7 Å². The number of amides is 1. The van der Waals surface area contributed by atoms with Crippen molar-refractivity contribution in [3.05, 3.63) is 33.8 Å². The number of nitrogens with zero attached hydrogens (tertiary/aromatic N) is 3. The predicted molar refractivity (Wildman–Crippen MR) is 82.2 cm³/mol. The quantitative estimate of drug-likeness (QED) is 0.381. The maximum absolute atomic E-state index is 12.5. The van der Waals surface area contributed by atoms with Gasteiger partial charge in [-0.05, 0) is 12.1 Å². The third kappa shape index (κ3) is 3.78. The summed E-state index contributed by atoms with van der Waals surface area (Å²) >= 11 is 12.1. The minimum Gasteiger partial charge on any atom is -0.409 e. The van der Waals surface area contributed by atoms with Crippen molar-refractivity contribution in [1.29, 1.82) is 0 Å². The van der Waals surface area contributed by atoms with Crippen LogP contribution in [0.15, 0.2) is 23.4 Å². The molecular weight excluding hydrogens is 315 g/mol. The Morgan fingerprint density at radius 2 is 1.81 bits per heavy atom. The third-order valence-corrected chi connectivity index (χ3v) is 3.98. The normalized spacial score (nSPS) is 17.0. The van der Waals surface area contributed by atoms with E-state index in [4.69, 9.17) is 34.1 Å². The zero-order valence-corrected chi connectivity index (χ0v) is 12.8. The van der Waals surface area contributed by atoms with E-state index in [2.05, 4.69) is 5.16 Å². The number of nitrogens with two attached hydrogens (primary N) is 1. The number of piperazine rings is 1. The number of hydrogen-bond acceptors (Lipinski definition) is 4. The minimum atomic E-state index is -0.172. The molecule has 8 heteroatoms. The second-order valence-corrected chi connectivity index (χ2v) is 5.57. The molecule has 0 aromatic heterocycles. The van der Waals surface area contributed by atoms with E-state index < -0.39 is 0 Å². The summed E-state index contributed by atoms with van der Waals surface area (Å²) in [6.07, 6.45) is 0. The molecule has 1 aliphatic rings. The molecule has 0 spiro atoms. The lowest BCUT2D eigenvalue weighted by Gasteiger charge is -2.34. The zero-order valence-electron chi connectivity index (χ0n) is 11.3. The van der Waals surface area contributed by atoms with Crippen molar-refractivity contribution in [1.82, 2.24) is 9.80 Å². The molecule has 6 nitrogen and oxygen atoms in total. The molecule has 1 fully saturated rings. The lowest BCUT2D eigenvalue weighted by Crippen LogP contribution is -2.50. The number of rotatable bonds is 3. The number of hydrogen-bond donors (Lipinski definition) is 2. The summed E-state index contributed by atoms with van der Waals surface area (Å²) in [6.45, 7) is 2.75. The Hall–Kier alpha value is -1.50. The van der Waals surface area contributed by atoms with Crippen molar-refractivity contribution in [3.8, 4) is 0 Å². The minimum absolute atomic E-state index is 0.156. The predicted octanol–water partition coefficient (Wildman–Crippen LogP) is 1.50. The van der Waals surface area contributed by atoms with Gasteiger partial charge >= 0.3 is 0 Å². The molecule has 2 rings (SSSR count).